The van der Waals surface area contributed by atoms with Crippen molar-refractivity contribution in [1.29, 1.82) is 5.26 Å². The Labute approximate surface area is 90.8 Å². The summed E-state index contributed by atoms with van der Waals surface area (Å²) in [6, 6.07) is 7.26. The van der Waals surface area contributed by atoms with Gasteiger partial charge in [0.1, 0.15) is 5.75 Å². The summed E-state index contributed by atoms with van der Waals surface area (Å²) < 4.78 is 1.83. The zero-order valence-electron chi connectivity index (χ0n) is 7.19. The largest absolute Gasteiger partial charge is 0.508 e. The SMILES string of the molecule is N#CCc1c(S)sc2cc(O)ccc12. The molecule has 0 spiro atoms. The molecule has 0 radical (unpaired) electrons. The van der Waals surface area contributed by atoms with Crippen LogP contribution in [0.1, 0.15) is 5.56 Å². The average molecular weight is 221 g/mol. The first kappa shape index (κ1) is 9.38. The Hall–Kier alpha value is -1.18. The summed E-state index contributed by atoms with van der Waals surface area (Å²) in [5, 5.41) is 18.9. The molecule has 0 atom stereocenters. The van der Waals surface area contributed by atoms with E-state index in [2.05, 4.69) is 18.7 Å². The van der Waals surface area contributed by atoms with Crippen LogP contribution in [-0.2, 0) is 6.42 Å². The van der Waals surface area contributed by atoms with Crippen molar-refractivity contribution >= 4 is 34.1 Å². The summed E-state index contributed by atoms with van der Waals surface area (Å²) in [6.45, 7) is 0. The third-order valence-electron chi connectivity index (χ3n) is 2.01. The van der Waals surface area contributed by atoms with E-state index in [0.29, 0.717) is 6.42 Å². The molecular weight excluding hydrogens is 214 g/mol. The standard InChI is InChI=1S/C10H7NOS2/c11-4-3-8-7-2-1-6(12)5-9(7)14-10(8)13/h1-2,5,12-13H,3H2. The lowest BCUT2D eigenvalue weighted by Crippen LogP contribution is -1.78. The Kier molecular flexibility index (Phi) is 2.36. The number of aromatic hydroxyl groups is 1. The fourth-order valence-electron chi connectivity index (χ4n) is 1.38. The molecule has 0 aliphatic carbocycles. The minimum atomic E-state index is 0.246. The Morgan fingerprint density at radius 1 is 1.50 bits per heavy atom. The number of fused-ring (bicyclic) bond motifs is 1. The molecule has 0 saturated heterocycles. The van der Waals surface area contributed by atoms with E-state index in [1.807, 2.05) is 6.07 Å². The van der Waals surface area contributed by atoms with Gasteiger partial charge in [0.15, 0.2) is 0 Å². The van der Waals surface area contributed by atoms with Crippen LogP contribution < -0.4 is 0 Å². The lowest BCUT2D eigenvalue weighted by molar-refractivity contribution is 0.476. The molecule has 1 aromatic heterocycles. The Bertz CT molecular complexity index is 525. The van der Waals surface area contributed by atoms with E-state index in [1.54, 1.807) is 12.1 Å². The van der Waals surface area contributed by atoms with Crippen LogP contribution in [-0.4, -0.2) is 5.11 Å². The van der Waals surface area contributed by atoms with Crippen molar-refractivity contribution in [3.05, 3.63) is 23.8 Å². The molecule has 2 nitrogen and oxygen atoms in total. The second-order valence-electron chi connectivity index (χ2n) is 2.90. The van der Waals surface area contributed by atoms with Gasteiger partial charge < -0.3 is 5.11 Å². The molecule has 14 heavy (non-hydrogen) atoms. The topological polar surface area (TPSA) is 44.0 Å². The molecule has 1 N–H and O–H groups in total. The number of thiol groups is 1. The summed E-state index contributed by atoms with van der Waals surface area (Å²) >= 11 is 5.80. The van der Waals surface area contributed by atoms with E-state index in [9.17, 15) is 5.11 Å². The van der Waals surface area contributed by atoms with Crippen molar-refractivity contribution in [3.8, 4) is 11.8 Å². The molecule has 0 bridgehead atoms. The predicted octanol–water partition coefficient (Wildman–Crippen LogP) is 2.96. The highest BCUT2D eigenvalue weighted by Crippen LogP contribution is 2.35. The Morgan fingerprint density at radius 3 is 3.00 bits per heavy atom. The molecule has 0 fully saturated rings. The number of phenolic OH excluding ortho intramolecular Hbond substituents is 1. The Morgan fingerprint density at radius 2 is 2.29 bits per heavy atom. The minimum Gasteiger partial charge on any atom is -0.508 e. The first-order chi connectivity index (χ1) is 6.72. The molecule has 2 aromatic rings. The van der Waals surface area contributed by atoms with Gasteiger partial charge in [0.25, 0.3) is 0 Å². The number of hydrogen-bond acceptors (Lipinski definition) is 4. The highest BCUT2D eigenvalue weighted by Gasteiger charge is 2.09. The van der Waals surface area contributed by atoms with Gasteiger partial charge in [-0.2, -0.15) is 5.26 Å². The van der Waals surface area contributed by atoms with Crippen molar-refractivity contribution in [1.82, 2.24) is 0 Å². The summed E-state index contributed by atoms with van der Waals surface area (Å²) in [5.74, 6) is 0.246. The monoisotopic (exact) mass is 221 g/mol. The van der Waals surface area contributed by atoms with Gasteiger partial charge in [-0.15, -0.1) is 24.0 Å². The van der Waals surface area contributed by atoms with Gasteiger partial charge in [-0.05, 0) is 29.1 Å². The second kappa shape index (κ2) is 3.52. The number of thiophene rings is 1. The average Bonchev–Trinajstić information content (AvgIpc) is 2.43. The van der Waals surface area contributed by atoms with Crippen LogP contribution in [0.15, 0.2) is 22.4 Å². The summed E-state index contributed by atoms with van der Waals surface area (Å²) in [4.78, 5) is 0. The maximum absolute atomic E-state index is 9.28. The van der Waals surface area contributed by atoms with E-state index < -0.39 is 0 Å². The first-order valence-electron chi connectivity index (χ1n) is 4.02. The van der Waals surface area contributed by atoms with Crippen LogP contribution in [0.2, 0.25) is 0 Å². The van der Waals surface area contributed by atoms with E-state index >= 15 is 0 Å². The fourth-order valence-corrected chi connectivity index (χ4v) is 2.86. The van der Waals surface area contributed by atoms with E-state index in [4.69, 9.17) is 5.26 Å². The molecule has 0 aliphatic rings. The third-order valence-corrected chi connectivity index (χ3v) is 3.55. The van der Waals surface area contributed by atoms with E-state index in [1.165, 1.54) is 11.3 Å². The van der Waals surface area contributed by atoms with Crippen LogP contribution >= 0.6 is 24.0 Å². The Balaban J connectivity index is 2.72. The first-order valence-corrected chi connectivity index (χ1v) is 5.29. The maximum Gasteiger partial charge on any atom is 0.117 e. The number of rotatable bonds is 1. The quantitative estimate of drug-likeness (QED) is 0.727. The van der Waals surface area contributed by atoms with Crippen molar-refractivity contribution in [2.45, 2.75) is 10.6 Å². The molecule has 4 heteroatoms. The minimum absolute atomic E-state index is 0.246. The van der Waals surface area contributed by atoms with Gasteiger partial charge in [0.05, 0.1) is 16.7 Å². The van der Waals surface area contributed by atoms with Gasteiger partial charge in [-0.3, -0.25) is 0 Å². The summed E-state index contributed by atoms with van der Waals surface area (Å²) in [5.41, 5.74) is 0.954. The van der Waals surface area contributed by atoms with Crippen LogP contribution in [0.25, 0.3) is 10.1 Å². The van der Waals surface area contributed by atoms with Crippen LogP contribution in [0, 0.1) is 11.3 Å². The summed E-state index contributed by atoms with van der Waals surface area (Å²) in [6.07, 6.45) is 0.365. The molecular formula is C10H7NOS2. The molecule has 1 heterocycles. The van der Waals surface area contributed by atoms with Crippen molar-refractivity contribution < 1.29 is 5.11 Å². The fraction of sp³-hybridized carbons (Fsp3) is 0.100. The van der Waals surface area contributed by atoms with Gasteiger partial charge in [0.2, 0.25) is 0 Å². The molecule has 0 unspecified atom stereocenters. The molecule has 70 valence electrons. The van der Waals surface area contributed by atoms with Crippen LogP contribution in [0.5, 0.6) is 5.75 Å². The smallest absolute Gasteiger partial charge is 0.117 e. The van der Waals surface area contributed by atoms with Crippen LogP contribution in [0.3, 0.4) is 0 Å². The lowest BCUT2D eigenvalue weighted by atomic mass is 10.1. The van der Waals surface area contributed by atoms with Gasteiger partial charge in [0, 0.05) is 4.70 Å². The molecule has 0 amide bonds. The second-order valence-corrected chi connectivity index (χ2v) is 4.70. The molecule has 0 saturated carbocycles. The molecule has 0 aliphatic heterocycles. The number of hydrogen-bond donors (Lipinski definition) is 2. The zero-order valence-corrected chi connectivity index (χ0v) is 8.90. The third kappa shape index (κ3) is 1.45. The highest BCUT2D eigenvalue weighted by atomic mass is 32.2. The van der Waals surface area contributed by atoms with Crippen molar-refractivity contribution in [2.24, 2.45) is 0 Å². The van der Waals surface area contributed by atoms with Gasteiger partial charge in [-0.1, -0.05) is 0 Å². The van der Waals surface area contributed by atoms with Gasteiger partial charge >= 0.3 is 0 Å². The molecule has 1 aromatic carbocycles. The number of benzene rings is 1. The van der Waals surface area contributed by atoms with Crippen molar-refractivity contribution in [2.75, 3.05) is 0 Å². The lowest BCUT2D eigenvalue weighted by Gasteiger charge is -1.94. The summed E-state index contributed by atoms with van der Waals surface area (Å²) in [7, 11) is 0. The highest BCUT2D eigenvalue weighted by molar-refractivity contribution is 7.83. The zero-order chi connectivity index (χ0) is 10.1. The van der Waals surface area contributed by atoms with Gasteiger partial charge in [-0.25, -0.2) is 0 Å². The van der Waals surface area contributed by atoms with E-state index in [-0.39, 0.29) is 5.75 Å². The van der Waals surface area contributed by atoms with Crippen molar-refractivity contribution in [3.63, 3.8) is 0 Å². The maximum atomic E-state index is 9.28. The van der Waals surface area contributed by atoms with E-state index in [0.717, 1.165) is 19.9 Å². The molecule has 2 rings (SSSR count). The predicted molar refractivity (Wildman–Crippen MR) is 60.1 cm³/mol. The van der Waals surface area contributed by atoms with Crippen LogP contribution in [0.4, 0.5) is 0 Å². The normalized spacial score (nSPS) is 10.3. The number of phenols is 1. The number of nitriles is 1. The number of nitrogens with zero attached hydrogens (tertiary/aromatic N) is 1.